The van der Waals surface area contributed by atoms with Gasteiger partial charge in [-0.05, 0) is 76.6 Å². The van der Waals surface area contributed by atoms with Gasteiger partial charge in [0.25, 0.3) is 0 Å². The van der Waals surface area contributed by atoms with E-state index in [0.717, 1.165) is 87.8 Å². The number of methoxy groups -OCH3 is 1. The molecule has 8 rings (SSSR count). The van der Waals surface area contributed by atoms with Gasteiger partial charge in [-0.2, -0.15) is 0 Å². The number of ether oxygens (including phenoxy) is 4. The number of nitrogens with one attached hydrogen (secondary N) is 3. The second-order valence-electron chi connectivity index (χ2n) is 15.8. The lowest BCUT2D eigenvalue weighted by Gasteiger charge is -2.30. The third-order valence-electron chi connectivity index (χ3n) is 10.6. The number of imidazole rings is 2. The molecule has 2 fully saturated rings. The van der Waals surface area contributed by atoms with Gasteiger partial charge in [0, 0.05) is 46.5 Å². The molecule has 4 aliphatic rings. The molecule has 6 heterocycles. The minimum atomic E-state index is -0.701. The third-order valence-corrected chi connectivity index (χ3v) is 10.6. The topological polar surface area (TPSA) is 164 Å². The molecule has 284 valence electrons. The van der Waals surface area contributed by atoms with Gasteiger partial charge < -0.3 is 39.1 Å². The lowest BCUT2D eigenvalue weighted by atomic mass is 9.87. The van der Waals surface area contributed by atoms with Crippen LogP contribution in [-0.4, -0.2) is 79.7 Å². The van der Waals surface area contributed by atoms with E-state index in [1.807, 2.05) is 52.9 Å². The fourth-order valence-corrected chi connectivity index (χ4v) is 8.08. The normalized spacial score (nSPS) is 19.2. The van der Waals surface area contributed by atoms with E-state index in [0.29, 0.717) is 32.1 Å². The van der Waals surface area contributed by atoms with E-state index in [1.165, 1.54) is 7.11 Å². The number of carbonyl (C=O) groups excluding carboxylic acids is 3. The van der Waals surface area contributed by atoms with Crippen LogP contribution in [0.1, 0.15) is 95.2 Å². The van der Waals surface area contributed by atoms with Gasteiger partial charge in [0.05, 0.1) is 43.0 Å². The fourth-order valence-electron chi connectivity index (χ4n) is 8.08. The molecule has 2 saturated heterocycles. The van der Waals surface area contributed by atoms with Crippen LogP contribution in [0.5, 0.6) is 11.5 Å². The van der Waals surface area contributed by atoms with Crippen LogP contribution in [0.4, 0.5) is 9.59 Å². The molecule has 0 spiro atoms. The Kier molecular flexibility index (Phi) is 9.01. The van der Waals surface area contributed by atoms with Crippen LogP contribution in [0.2, 0.25) is 0 Å². The van der Waals surface area contributed by atoms with Crippen molar-refractivity contribution in [3.8, 4) is 45.1 Å². The Balaban J connectivity index is 1.03. The zero-order chi connectivity index (χ0) is 37.9. The smallest absolute Gasteiger partial charge is 0.410 e. The highest BCUT2D eigenvalue weighted by molar-refractivity contribution is 5.89. The summed E-state index contributed by atoms with van der Waals surface area (Å²) in [7, 11) is 1.29. The van der Waals surface area contributed by atoms with Crippen LogP contribution >= 0.6 is 0 Å². The standard InChI is InChI=1S/C40H47N7O7/c1-21(2)34(45-38(49)51-6)37(48)46-11-7-9-28(46)35-41-17-26(43-35)22-13-24-19-53-31-16-23(14-25-20-52-30(15-22)32(24)33(25)31)27-18-42-36(44-27)29-10-8-12-47(29)39(50)54-40(3,4)5/h13-18,21,28-29,34H,7-12,19-20H2,1-6H3,(H,41,43)(H,42,44)(H,45,49)/t28-,29-,34-/m0/s1. The second-order valence-corrected chi connectivity index (χ2v) is 15.8. The average molecular weight is 738 g/mol. The van der Waals surface area contributed by atoms with Crippen LogP contribution in [-0.2, 0) is 27.5 Å². The van der Waals surface area contributed by atoms with Crippen LogP contribution in [0.15, 0.2) is 36.7 Å². The summed E-state index contributed by atoms with van der Waals surface area (Å²) in [4.78, 5) is 58.5. The number of rotatable bonds is 7. The van der Waals surface area contributed by atoms with Crippen molar-refractivity contribution in [1.29, 1.82) is 0 Å². The van der Waals surface area contributed by atoms with Crippen LogP contribution in [0.25, 0.3) is 33.6 Å². The van der Waals surface area contributed by atoms with Crippen LogP contribution in [0.3, 0.4) is 0 Å². The number of H-pyrrole nitrogens is 2. The van der Waals surface area contributed by atoms with E-state index in [2.05, 4.69) is 27.4 Å². The van der Waals surface area contributed by atoms with Gasteiger partial charge in [0.15, 0.2) is 0 Å². The summed E-state index contributed by atoms with van der Waals surface area (Å²) in [6.07, 6.45) is 5.96. The Morgan fingerprint density at radius 2 is 1.35 bits per heavy atom. The molecule has 0 saturated carbocycles. The number of aromatic amines is 2. The van der Waals surface area contributed by atoms with Gasteiger partial charge in [0.2, 0.25) is 5.91 Å². The van der Waals surface area contributed by atoms with E-state index >= 15 is 0 Å². The largest absolute Gasteiger partial charge is 0.488 e. The molecule has 0 bridgehead atoms. The van der Waals surface area contributed by atoms with Crippen LogP contribution in [0, 0.1) is 5.92 Å². The fraction of sp³-hybridized carbons (Fsp3) is 0.475. The van der Waals surface area contributed by atoms with Gasteiger partial charge in [-0.15, -0.1) is 0 Å². The van der Waals surface area contributed by atoms with Crippen molar-refractivity contribution in [2.75, 3.05) is 20.2 Å². The Bertz CT molecular complexity index is 2060. The van der Waals surface area contributed by atoms with Crippen molar-refractivity contribution in [1.82, 2.24) is 35.1 Å². The zero-order valence-electron chi connectivity index (χ0n) is 31.6. The highest BCUT2D eigenvalue weighted by Crippen LogP contribution is 2.51. The summed E-state index contributed by atoms with van der Waals surface area (Å²) >= 11 is 0. The van der Waals surface area contributed by atoms with E-state index in [1.54, 1.807) is 16.0 Å². The molecule has 3 atom stereocenters. The molecule has 0 aliphatic carbocycles. The molecule has 3 N–H and O–H groups in total. The molecule has 4 aromatic rings. The minimum absolute atomic E-state index is 0.115. The summed E-state index contributed by atoms with van der Waals surface area (Å²) in [5, 5.41) is 2.70. The zero-order valence-corrected chi connectivity index (χ0v) is 31.6. The molecule has 2 aromatic heterocycles. The molecule has 54 heavy (non-hydrogen) atoms. The Hall–Kier alpha value is -5.53. The number of nitrogens with zero attached hydrogens (tertiary/aromatic N) is 4. The molecular formula is C40H47N7O7. The molecule has 0 radical (unpaired) electrons. The maximum absolute atomic E-state index is 13.6. The first kappa shape index (κ1) is 35.5. The van der Waals surface area contributed by atoms with Crippen molar-refractivity contribution in [2.45, 2.75) is 97.2 Å². The maximum atomic E-state index is 13.6. The molecule has 3 amide bonds. The maximum Gasteiger partial charge on any atom is 0.410 e. The van der Waals surface area contributed by atoms with E-state index in [4.69, 9.17) is 28.9 Å². The summed E-state index contributed by atoms with van der Waals surface area (Å²) in [5.41, 5.74) is 7.02. The molecule has 14 nitrogen and oxygen atoms in total. The highest BCUT2D eigenvalue weighted by Gasteiger charge is 2.38. The first-order chi connectivity index (χ1) is 25.9. The number of amides is 3. The lowest BCUT2D eigenvalue weighted by Crippen LogP contribution is -2.51. The van der Waals surface area contributed by atoms with Crippen LogP contribution < -0.4 is 14.8 Å². The first-order valence-electron chi connectivity index (χ1n) is 18.7. The second kappa shape index (κ2) is 13.7. The predicted octanol–water partition coefficient (Wildman–Crippen LogP) is 7.03. The quantitative estimate of drug-likeness (QED) is 0.181. The third kappa shape index (κ3) is 6.51. The summed E-state index contributed by atoms with van der Waals surface area (Å²) < 4.78 is 23.3. The monoisotopic (exact) mass is 737 g/mol. The molecule has 0 unspecified atom stereocenters. The molecule has 2 aromatic carbocycles. The highest BCUT2D eigenvalue weighted by atomic mass is 16.6. The first-order valence-corrected chi connectivity index (χ1v) is 18.7. The van der Waals surface area contributed by atoms with Crippen molar-refractivity contribution in [3.05, 3.63) is 59.4 Å². The van der Waals surface area contributed by atoms with Crippen molar-refractivity contribution >= 4 is 18.1 Å². The van der Waals surface area contributed by atoms with Crippen molar-refractivity contribution in [3.63, 3.8) is 0 Å². The van der Waals surface area contributed by atoms with E-state index in [-0.39, 0.29) is 30.0 Å². The molecular weight excluding hydrogens is 690 g/mol. The molecule has 14 heteroatoms. The van der Waals surface area contributed by atoms with Crippen molar-refractivity contribution in [2.24, 2.45) is 5.92 Å². The Labute approximate surface area is 313 Å². The number of hydrogen-bond donors (Lipinski definition) is 3. The number of benzene rings is 2. The van der Waals surface area contributed by atoms with Gasteiger partial charge in [0.1, 0.15) is 48.0 Å². The molecule has 4 aliphatic heterocycles. The van der Waals surface area contributed by atoms with Gasteiger partial charge in [-0.1, -0.05) is 13.8 Å². The SMILES string of the molecule is COC(=O)N[C@H](C(=O)N1CCC[C@H]1c1ncc(-c2cc3c4c(c2)OCc2cc(-c5cnc([C@@H]6CCCN6C(=O)OC(C)(C)C)[nH]5)cc(c2-4)OC3)[nH]1)C(C)C. The van der Waals surface area contributed by atoms with E-state index < -0.39 is 17.7 Å². The summed E-state index contributed by atoms with van der Waals surface area (Å²) in [6.45, 7) is 11.4. The lowest BCUT2D eigenvalue weighted by molar-refractivity contribution is -0.135. The van der Waals surface area contributed by atoms with Crippen molar-refractivity contribution < 1.29 is 33.3 Å². The summed E-state index contributed by atoms with van der Waals surface area (Å²) in [5.74, 6) is 2.74. The number of likely N-dealkylation sites (tertiary alicyclic amines) is 2. The average Bonchev–Trinajstić information content (AvgIpc) is 3.97. The number of hydrogen-bond acceptors (Lipinski definition) is 9. The Morgan fingerprint density at radius 1 is 0.833 bits per heavy atom. The Morgan fingerprint density at radius 3 is 1.85 bits per heavy atom. The minimum Gasteiger partial charge on any atom is -0.488 e. The predicted molar refractivity (Wildman–Crippen MR) is 198 cm³/mol. The van der Waals surface area contributed by atoms with Gasteiger partial charge >= 0.3 is 12.2 Å². The van der Waals surface area contributed by atoms with E-state index in [9.17, 15) is 14.4 Å². The van der Waals surface area contributed by atoms with Gasteiger partial charge in [-0.25, -0.2) is 19.6 Å². The number of aromatic nitrogens is 4. The number of carbonyl (C=O) groups is 3. The number of alkyl carbamates (subject to hydrolysis) is 1. The van der Waals surface area contributed by atoms with Gasteiger partial charge in [-0.3, -0.25) is 9.69 Å². The summed E-state index contributed by atoms with van der Waals surface area (Å²) in [6, 6.07) is 7.19.